The molecule has 3 aromatic rings. The third-order valence-electron chi connectivity index (χ3n) is 5.87. The molecule has 2 heterocycles. The van der Waals surface area contributed by atoms with Crippen molar-refractivity contribution in [2.24, 2.45) is 0 Å². The number of allylic oxidation sites excluding steroid dienone is 2. The topological polar surface area (TPSA) is 97.5 Å². The number of sulfonamides is 1. The van der Waals surface area contributed by atoms with Gasteiger partial charge in [0.2, 0.25) is 15.6 Å². The van der Waals surface area contributed by atoms with Crippen molar-refractivity contribution in [2.75, 3.05) is 6.54 Å². The molecule has 0 amide bonds. The lowest BCUT2D eigenvalue weighted by molar-refractivity contribution is -0.426. The number of aromatic nitrogens is 1. The van der Waals surface area contributed by atoms with Crippen LogP contribution < -0.4 is 10.3 Å². The van der Waals surface area contributed by atoms with Gasteiger partial charge < -0.3 is 14.5 Å². The van der Waals surface area contributed by atoms with Gasteiger partial charge in [0.05, 0.1) is 11.4 Å². The molecule has 2 aromatic carbocycles. The summed E-state index contributed by atoms with van der Waals surface area (Å²) in [5, 5.41) is 0.164. The number of halogens is 6. The van der Waals surface area contributed by atoms with E-state index >= 15 is 0 Å². The highest BCUT2D eigenvalue weighted by molar-refractivity contribution is 7.89. The Morgan fingerprint density at radius 3 is 2.23 bits per heavy atom. The number of benzene rings is 2. The Kier molecular flexibility index (Phi) is 7.54. The van der Waals surface area contributed by atoms with Gasteiger partial charge in [-0.3, -0.25) is 4.79 Å². The average Bonchev–Trinajstić information content (AvgIpc) is 2.85. The van der Waals surface area contributed by atoms with Gasteiger partial charge in [-0.2, -0.15) is 17.6 Å². The number of ether oxygens (including phenoxy) is 2. The van der Waals surface area contributed by atoms with Crippen LogP contribution >= 0.6 is 0 Å². The van der Waals surface area contributed by atoms with Gasteiger partial charge in [0, 0.05) is 29.5 Å². The van der Waals surface area contributed by atoms with Crippen LogP contribution in [0.2, 0.25) is 0 Å². The molecule has 1 aliphatic rings. The highest BCUT2D eigenvalue weighted by Crippen LogP contribution is 2.44. The molecule has 4 rings (SSSR count). The summed E-state index contributed by atoms with van der Waals surface area (Å²) in [6.07, 6.45) is -7.61. The second-order valence-corrected chi connectivity index (χ2v) is 10.8. The number of pyridine rings is 1. The summed E-state index contributed by atoms with van der Waals surface area (Å²) in [7, 11) is -4.30. The molecule has 0 saturated carbocycles. The highest BCUT2D eigenvalue weighted by Gasteiger charge is 2.66. The van der Waals surface area contributed by atoms with Gasteiger partial charge in [0.15, 0.2) is 11.5 Å². The zero-order valence-electron chi connectivity index (χ0n) is 20.9. The van der Waals surface area contributed by atoms with E-state index in [1.807, 2.05) is 4.72 Å². The molecule has 7 nitrogen and oxygen atoms in total. The van der Waals surface area contributed by atoms with E-state index in [1.54, 1.807) is 6.07 Å². The van der Waals surface area contributed by atoms with Gasteiger partial charge in [0.1, 0.15) is 0 Å². The Labute approximate surface area is 224 Å². The van der Waals surface area contributed by atoms with Crippen molar-refractivity contribution in [1.82, 2.24) is 9.71 Å². The van der Waals surface area contributed by atoms with Gasteiger partial charge >= 0.3 is 12.2 Å². The molecular formula is C26H22F6N2O5S. The molecule has 0 spiro atoms. The summed E-state index contributed by atoms with van der Waals surface area (Å²) in [5.74, 6) is -4.87. The molecule has 0 saturated heterocycles. The summed E-state index contributed by atoms with van der Waals surface area (Å²) in [6.45, 7) is 1.19. The Morgan fingerprint density at radius 2 is 1.60 bits per heavy atom. The maximum Gasteiger partial charge on any atom is 0.507 e. The monoisotopic (exact) mass is 588 g/mol. The number of alkyl halides is 6. The molecule has 0 aliphatic carbocycles. The fourth-order valence-electron chi connectivity index (χ4n) is 3.96. The molecule has 14 heteroatoms. The number of nitrogens with one attached hydrogen (secondary N) is 2. The number of fused-ring (bicyclic) bond motifs is 1. The van der Waals surface area contributed by atoms with Gasteiger partial charge in [-0.25, -0.2) is 21.9 Å². The quantitative estimate of drug-likeness (QED) is 0.338. The molecule has 1 aromatic heterocycles. The zero-order chi connectivity index (χ0) is 29.5. The number of hydrogen-bond acceptors (Lipinski definition) is 5. The Morgan fingerprint density at radius 1 is 0.975 bits per heavy atom. The third-order valence-corrected chi connectivity index (χ3v) is 7.28. The molecule has 214 valence electrons. The smallest absolute Gasteiger partial charge is 0.424 e. The van der Waals surface area contributed by atoms with Crippen LogP contribution in [-0.4, -0.2) is 32.2 Å². The number of aromatic amines is 1. The lowest BCUT2D eigenvalue weighted by atomic mass is 9.99. The summed E-state index contributed by atoms with van der Waals surface area (Å²) >= 11 is 0. The van der Waals surface area contributed by atoms with E-state index < -0.39 is 57.3 Å². The van der Waals surface area contributed by atoms with Crippen LogP contribution in [0.5, 0.6) is 0 Å². The minimum absolute atomic E-state index is 0.164. The van der Waals surface area contributed by atoms with E-state index in [0.717, 1.165) is 12.1 Å². The van der Waals surface area contributed by atoms with Crippen molar-refractivity contribution in [3.8, 4) is 0 Å². The minimum atomic E-state index is -5.02. The van der Waals surface area contributed by atoms with E-state index in [1.165, 1.54) is 49.4 Å². The van der Waals surface area contributed by atoms with Gasteiger partial charge in [-0.05, 0) is 54.8 Å². The Bertz CT molecular complexity index is 1660. The second kappa shape index (κ2) is 10.3. The van der Waals surface area contributed by atoms with E-state index in [-0.39, 0.29) is 22.2 Å². The average molecular weight is 589 g/mol. The van der Waals surface area contributed by atoms with Crippen LogP contribution in [0.1, 0.15) is 30.5 Å². The van der Waals surface area contributed by atoms with E-state index in [2.05, 4.69) is 14.5 Å². The molecule has 0 unspecified atom stereocenters. The van der Waals surface area contributed by atoms with Crippen molar-refractivity contribution >= 4 is 20.9 Å². The first kappa shape index (κ1) is 29.2. The van der Waals surface area contributed by atoms with Crippen LogP contribution in [0.4, 0.5) is 26.3 Å². The summed E-state index contributed by atoms with van der Waals surface area (Å²) in [4.78, 5) is 14.0. The fourth-order valence-corrected chi connectivity index (χ4v) is 4.94. The normalized spacial score (nSPS) is 17.2. The fraction of sp³-hybridized carbons (Fsp3) is 0.269. The van der Waals surface area contributed by atoms with E-state index in [0.29, 0.717) is 18.1 Å². The highest BCUT2D eigenvalue weighted by atomic mass is 32.2. The van der Waals surface area contributed by atoms with Crippen molar-refractivity contribution in [3.05, 3.63) is 99.2 Å². The predicted molar refractivity (Wildman–Crippen MR) is 132 cm³/mol. The molecular weight excluding hydrogens is 566 g/mol. The molecule has 0 radical (unpaired) electrons. The van der Waals surface area contributed by atoms with Gasteiger partial charge in [0.25, 0.3) is 5.92 Å². The van der Waals surface area contributed by atoms with Crippen LogP contribution in [0.3, 0.4) is 0 Å². The maximum atomic E-state index is 14.1. The molecule has 40 heavy (non-hydrogen) atoms. The van der Waals surface area contributed by atoms with Crippen molar-refractivity contribution < 1.29 is 44.2 Å². The van der Waals surface area contributed by atoms with Crippen LogP contribution in [0, 0.1) is 0 Å². The first-order chi connectivity index (χ1) is 18.5. The van der Waals surface area contributed by atoms with Crippen molar-refractivity contribution in [3.63, 3.8) is 0 Å². The lowest BCUT2D eigenvalue weighted by Gasteiger charge is -2.32. The maximum absolute atomic E-state index is 14.1. The van der Waals surface area contributed by atoms with E-state index in [9.17, 15) is 39.6 Å². The predicted octanol–water partition coefficient (Wildman–Crippen LogP) is 5.53. The zero-order valence-corrected chi connectivity index (χ0v) is 21.7. The first-order valence-electron chi connectivity index (χ1n) is 11.6. The minimum Gasteiger partial charge on any atom is -0.424 e. The van der Waals surface area contributed by atoms with Crippen molar-refractivity contribution in [1.29, 1.82) is 0 Å². The number of hydrogen-bond donors (Lipinski definition) is 2. The number of rotatable bonds is 8. The van der Waals surface area contributed by atoms with Crippen LogP contribution in [-0.2, 0) is 31.8 Å². The summed E-state index contributed by atoms with van der Waals surface area (Å²) in [5.41, 5.74) is 0.362. The van der Waals surface area contributed by atoms with E-state index in [4.69, 9.17) is 0 Å². The van der Waals surface area contributed by atoms with Crippen LogP contribution in [0.25, 0.3) is 10.9 Å². The van der Waals surface area contributed by atoms with Gasteiger partial charge in [-0.1, -0.05) is 24.3 Å². The van der Waals surface area contributed by atoms with Crippen molar-refractivity contribution in [2.45, 2.75) is 43.3 Å². The third kappa shape index (κ3) is 6.02. The molecule has 0 bridgehead atoms. The van der Waals surface area contributed by atoms with Crippen LogP contribution in [0.15, 0.2) is 81.9 Å². The summed E-state index contributed by atoms with van der Waals surface area (Å²) < 4.78 is 118. The molecule has 0 atom stereocenters. The molecule has 1 aliphatic heterocycles. The molecule has 2 N–H and O–H groups in total. The second-order valence-electron chi connectivity index (χ2n) is 8.99. The SMILES string of the molecule is C/C=C\C1=C(CNS(=O)(=O)c2ccc(Cc3ccc4[nH]c(=O)cc(C(C)(F)F)c4c3)cc2)OC(F)(F)C(F)(F)O1. The first-order valence-corrected chi connectivity index (χ1v) is 13.1. The number of H-pyrrole nitrogens is 1. The lowest BCUT2D eigenvalue weighted by Crippen LogP contribution is -2.49. The standard InChI is InChI=1S/C26H22F6N2O5S/c1-3-4-21-22(39-26(31,32)25(29,30)38-21)14-33-40(36,37)17-8-5-15(6-9-17)11-16-7-10-20-18(12-16)19(24(2,27)28)13-23(35)34-20/h3-10,12-13,33H,11,14H2,1-2H3,(H,34,35)/b4-3-. The summed E-state index contributed by atoms with van der Waals surface area (Å²) in [6, 6.07) is 10.8. The molecule has 0 fully saturated rings. The van der Waals surface area contributed by atoms with Gasteiger partial charge in [-0.15, -0.1) is 0 Å². The largest absolute Gasteiger partial charge is 0.507 e. The Balaban J connectivity index is 1.52. The Hall–Kier alpha value is -3.78.